The van der Waals surface area contributed by atoms with Gasteiger partial charge in [-0.2, -0.15) is 0 Å². The summed E-state index contributed by atoms with van der Waals surface area (Å²) in [6.45, 7) is 3.06. The maximum Gasteiger partial charge on any atom is 0.317 e. The molecule has 19 heavy (non-hydrogen) atoms. The number of rotatable bonds is 2. The van der Waals surface area contributed by atoms with Crippen LogP contribution >= 0.6 is 0 Å². The van der Waals surface area contributed by atoms with Crippen LogP contribution in [0.5, 0.6) is 0 Å². The van der Waals surface area contributed by atoms with Gasteiger partial charge in [0.2, 0.25) is 0 Å². The molecule has 2 aliphatic heterocycles. The second-order valence-corrected chi connectivity index (χ2v) is 5.28. The van der Waals surface area contributed by atoms with E-state index in [1.807, 2.05) is 17.0 Å². The maximum atomic E-state index is 12.2. The van der Waals surface area contributed by atoms with Crippen molar-refractivity contribution in [2.24, 2.45) is 0 Å². The van der Waals surface area contributed by atoms with Crippen LogP contribution in [0.3, 0.4) is 0 Å². The van der Waals surface area contributed by atoms with E-state index in [2.05, 4.69) is 5.32 Å². The number of carbonyl (C=O) groups excluding carboxylic acids is 1. The number of carbonyl (C=O) groups is 1. The van der Waals surface area contributed by atoms with Crippen molar-refractivity contribution in [1.82, 2.24) is 10.2 Å². The van der Waals surface area contributed by atoms with Crippen LogP contribution in [-0.2, 0) is 4.74 Å². The zero-order valence-electron chi connectivity index (χ0n) is 11.0. The summed E-state index contributed by atoms with van der Waals surface area (Å²) in [6, 6.07) is 4.22. The average Bonchev–Trinajstić information content (AvgIpc) is 3.11. The van der Waals surface area contributed by atoms with Crippen LogP contribution in [0, 0.1) is 0 Å². The van der Waals surface area contributed by atoms with E-state index in [1.165, 1.54) is 0 Å². The maximum absolute atomic E-state index is 12.2. The highest BCUT2D eigenvalue weighted by molar-refractivity contribution is 5.75. The molecule has 0 spiro atoms. The lowest BCUT2D eigenvalue weighted by atomic mass is 10.1. The molecule has 0 aromatic carbocycles. The quantitative estimate of drug-likeness (QED) is 0.888. The molecule has 2 amide bonds. The highest BCUT2D eigenvalue weighted by Crippen LogP contribution is 2.27. The average molecular weight is 264 g/mol. The van der Waals surface area contributed by atoms with E-state index in [-0.39, 0.29) is 12.1 Å². The van der Waals surface area contributed by atoms with Gasteiger partial charge in [0.05, 0.1) is 6.26 Å². The molecule has 1 aromatic heterocycles. The van der Waals surface area contributed by atoms with Gasteiger partial charge in [-0.15, -0.1) is 0 Å². The molecule has 104 valence electrons. The van der Waals surface area contributed by atoms with Crippen LogP contribution in [0.15, 0.2) is 22.8 Å². The fourth-order valence-electron chi connectivity index (χ4n) is 2.81. The topological polar surface area (TPSA) is 54.7 Å². The van der Waals surface area contributed by atoms with Crippen molar-refractivity contribution in [3.05, 3.63) is 24.2 Å². The fourth-order valence-corrected chi connectivity index (χ4v) is 2.81. The second kappa shape index (κ2) is 5.65. The summed E-state index contributed by atoms with van der Waals surface area (Å²) in [6.07, 6.45) is 4.51. The summed E-state index contributed by atoms with van der Waals surface area (Å²) in [7, 11) is 0. The van der Waals surface area contributed by atoms with Crippen molar-refractivity contribution in [3.63, 3.8) is 0 Å². The van der Waals surface area contributed by atoms with Crippen molar-refractivity contribution >= 4 is 6.03 Å². The largest absolute Gasteiger partial charge is 0.469 e. The number of nitrogens with one attached hydrogen (secondary N) is 1. The Bertz CT molecular complexity index is 412. The molecule has 0 saturated carbocycles. The van der Waals surface area contributed by atoms with Gasteiger partial charge >= 0.3 is 6.03 Å². The lowest BCUT2D eigenvalue weighted by molar-refractivity contribution is 0.0785. The molecule has 3 rings (SSSR count). The van der Waals surface area contributed by atoms with Gasteiger partial charge in [-0.1, -0.05) is 0 Å². The zero-order valence-corrected chi connectivity index (χ0v) is 11.0. The van der Waals surface area contributed by atoms with E-state index < -0.39 is 0 Å². The molecular weight excluding hydrogens is 244 g/mol. The van der Waals surface area contributed by atoms with Crippen molar-refractivity contribution < 1.29 is 13.9 Å². The third-order valence-electron chi connectivity index (χ3n) is 3.97. The number of urea groups is 1. The summed E-state index contributed by atoms with van der Waals surface area (Å²) in [5.74, 6) is 1.33. The fraction of sp³-hybridized carbons (Fsp3) is 0.643. The molecule has 1 atom stereocenters. The first-order chi connectivity index (χ1) is 9.33. The molecule has 5 heteroatoms. The van der Waals surface area contributed by atoms with Crippen molar-refractivity contribution in [2.75, 3.05) is 26.3 Å². The minimum atomic E-state index is 0.0564. The zero-order chi connectivity index (χ0) is 13.1. The van der Waals surface area contributed by atoms with E-state index in [0.717, 1.165) is 51.3 Å². The smallest absolute Gasteiger partial charge is 0.317 e. The van der Waals surface area contributed by atoms with E-state index >= 15 is 0 Å². The van der Waals surface area contributed by atoms with Crippen LogP contribution in [0.1, 0.15) is 30.9 Å². The van der Waals surface area contributed by atoms with Gasteiger partial charge in [-0.25, -0.2) is 4.79 Å². The normalized spacial score (nSPS) is 24.6. The van der Waals surface area contributed by atoms with E-state index in [9.17, 15) is 4.79 Å². The molecule has 2 aliphatic rings. The molecular formula is C14H20N2O3. The predicted molar refractivity (Wildman–Crippen MR) is 70.0 cm³/mol. The molecule has 0 radical (unpaired) electrons. The third-order valence-corrected chi connectivity index (χ3v) is 3.97. The Kier molecular flexibility index (Phi) is 3.73. The van der Waals surface area contributed by atoms with Gasteiger partial charge in [-0.05, 0) is 31.4 Å². The third kappa shape index (κ3) is 2.92. The Morgan fingerprint density at radius 2 is 2.16 bits per heavy atom. The number of likely N-dealkylation sites (tertiary alicyclic amines) is 1. The van der Waals surface area contributed by atoms with Gasteiger partial charge in [0, 0.05) is 38.3 Å². The van der Waals surface area contributed by atoms with Crippen molar-refractivity contribution in [2.45, 2.75) is 31.2 Å². The van der Waals surface area contributed by atoms with Crippen LogP contribution in [0.25, 0.3) is 0 Å². The summed E-state index contributed by atoms with van der Waals surface area (Å²) in [5.41, 5.74) is 0. The molecule has 2 fully saturated rings. The van der Waals surface area contributed by atoms with E-state index in [0.29, 0.717) is 5.92 Å². The number of furan rings is 1. The predicted octanol–water partition coefficient (Wildman–Crippen LogP) is 1.96. The minimum absolute atomic E-state index is 0.0564. The Hall–Kier alpha value is -1.49. The monoisotopic (exact) mass is 264 g/mol. The first-order valence-electron chi connectivity index (χ1n) is 6.99. The summed E-state index contributed by atoms with van der Waals surface area (Å²) in [5, 5.41) is 3.10. The SMILES string of the molecule is O=C(NC1CCOCC1)N1CCC(c2ccco2)C1. The standard InChI is InChI=1S/C14H20N2O3/c17-14(15-12-4-8-18-9-5-12)16-6-3-11(10-16)13-2-1-7-19-13/h1-2,7,11-12H,3-6,8-10H2,(H,15,17). The first-order valence-corrected chi connectivity index (χ1v) is 6.99. The summed E-state index contributed by atoms with van der Waals surface area (Å²) in [4.78, 5) is 14.1. The first kappa shape index (κ1) is 12.5. The van der Waals surface area contributed by atoms with Crippen LogP contribution in [0.4, 0.5) is 4.79 Å². The Morgan fingerprint density at radius 1 is 1.32 bits per heavy atom. The Balaban J connectivity index is 1.51. The van der Waals surface area contributed by atoms with Gasteiger partial charge in [0.15, 0.2) is 0 Å². The highest BCUT2D eigenvalue weighted by atomic mass is 16.5. The lowest BCUT2D eigenvalue weighted by Gasteiger charge is -2.26. The molecule has 0 aliphatic carbocycles. The van der Waals surface area contributed by atoms with Crippen LogP contribution < -0.4 is 5.32 Å². The Labute approximate surface area is 112 Å². The minimum Gasteiger partial charge on any atom is -0.469 e. The molecule has 3 heterocycles. The molecule has 1 aromatic rings. The number of amides is 2. The highest BCUT2D eigenvalue weighted by Gasteiger charge is 2.30. The second-order valence-electron chi connectivity index (χ2n) is 5.28. The molecule has 5 nitrogen and oxygen atoms in total. The molecule has 2 saturated heterocycles. The number of nitrogens with zero attached hydrogens (tertiary/aromatic N) is 1. The lowest BCUT2D eigenvalue weighted by Crippen LogP contribution is -2.45. The van der Waals surface area contributed by atoms with Gasteiger partial charge in [-0.3, -0.25) is 0 Å². The van der Waals surface area contributed by atoms with Crippen molar-refractivity contribution in [3.8, 4) is 0 Å². The number of ether oxygens (including phenoxy) is 1. The van der Waals surface area contributed by atoms with Gasteiger partial charge in [0.1, 0.15) is 5.76 Å². The number of hydrogen-bond donors (Lipinski definition) is 1. The van der Waals surface area contributed by atoms with E-state index in [4.69, 9.17) is 9.15 Å². The summed E-state index contributed by atoms with van der Waals surface area (Å²) >= 11 is 0. The van der Waals surface area contributed by atoms with Gasteiger partial charge < -0.3 is 19.4 Å². The van der Waals surface area contributed by atoms with E-state index in [1.54, 1.807) is 6.26 Å². The van der Waals surface area contributed by atoms with Crippen LogP contribution in [-0.4, -0.2) is 43.3 Å². The Morgan fingerprint density at radius 3 is 2.89 bits per heavy atom. The van der Waals surface area contributed by atoms with Gasteiger partial charge in [0.25, 0.3) is 0 Å². The number of hydrogen-bond acceptors (Lipinski definition) is 3. The molecule has 1 unspecified atom stereocenters. The molecule has 0 bridgehead atoms. The molecule has 1 N–H and O–H groups in total. The van der Waals surface area contributed by atoms with Crippen molar-refractivity contribution in [1.29, 1.82) is 0 Å². The van der Waals surface area contributed by atoms with Crippen LogP contribution in [0.2, 0.25) is 0 Å². The summed E-state index contributed by atoms with van der Waals surface area (Å²) < 4.78 is 10.7.